The van der Waals surface area contributed by atoms with Gasteiger partial charge in [-0.2, -0.15) is 8.78 Å². The zero-order chi connectivity index (χ0) is 23.6. The molecule has 0 unspecified atom stereocenters. The van der Waals surface area contributed by atoms with E-state index < -0.39 is 12.5 Å². The van der Waals surface area contributed by atoms with E-state index in [-0.39, 0.29) is 5.57 Å². The number of rotatable bonds is 11. The standard InChI is InChI=1S/C26H29F2NO4/c1-3-14-32-23-11-8-18(15-24(23)31-2)12-13-29-25(30)22(17-33-26(27)28)21-10-9-19-6-4-5-7-20(19)16-21/h3,8-11,15-17,26H,1,4-7,12-14H2,2H3,(H,29,30)/b22-17-. The molecule has 5 nitrogen and oxygen atoms in total. The molecule has 2 aromatic carbocycles. The number of amides is 1. The van der Waals surface area contributed by atoms with Crippen molar-refractivity contribution in [1.29, 1.82) is 0 Å². The van der Waals surface area contributed by atoms with Crippen molar-refractivity contribution < 1.29 is 27.8 Å². The zero-order valence-electron chi connectivity index (χ0n) is 18.7. The van der Waals surface area contributed by atoms with Crippen LogP contribution in [0.3, 0.4) is 0 Å². The maximum absolute atomic E-state index is 12.9. The van der Waals surface area contributed by atoms with Gasteiger partial charge in [0, 0.05) is 6.54 Å². The van der Waals surface area contributed by atoms with Crippen LogP contribution in [0.1, 0.15) is 35.1 Å². The number of aryl methyl sites for hydroxylation is 2. The third-order valence-corrected chi connectivity index (χ3v) is 5.48. The topological polar surface area (TPSA) is 56.8 Å². The molecule has 1 aliphatic carbocycles. The van der Waals surface area contributed by atoms with Crippen LogP contribution in [0.4, 0.5) is 8.78 Å². The molecule has 0 bridgehead atoms. The Balaban J connectivity index is 1.68. The molecule has 0 saturated heterocycles. The van der Waals surface area contributed by atoms with Crippen molar-refractivity contribution in [1.82, 2.24) is 5.32 Å². The average Bonchev–Trinajstić information content (AvgIpc) is 2.83. The van der Waals surface area contributed by atoms with Crippen LogP contribution in [0.2, 0.25) is 0 Å². The molecule has 1 amide bonds. The molecule has 0 heterocycles. The lowest BCUT2D eigenvalue weighted by molar-refractivity contribution is -0.116. The molecule has 0 fully saturated rings. The van der Waals surface area contributed by atoms with Crippen molar-refractivity contribution >= 4 is 11.5 Å². The highest BCUT2D eigenvalue weighted by Gasteiger charge is 2.17. The highest BCUT2D eigenvalue weighted by atomic mass is 19.3. The number of fused-ring (bicyclic) bond motifs is 1. The van der Waals surface area contributed by atoms with Gasteiger partial charge < -0.3 is 19.5 Å². The fraction of sp³-hybridized carbons (Fsp3) is 0.346. The maximum atomic E-state index is 12.9. The summed E-state index contributed by atoms with van der Waals surface area (Å²) >= 11 is 0. The first-order valence-corrected chi connectivity index (χ1v) is 11.0. The summed E-state index contributed by atoms with van der Waals surface area (Å²) in [4.78, 5) is 12.9. The predicted octanol–water partition coefficient (Wildman–Crippen LogP) is 5.08. The SMILES string of the molecule is C=CCOc1ccc(CCNC(=O)/C(=C\OC(F)F)c2ccc3c(c2)CCCC3)cc1OC. The summed E-state index contributed by atoms with van der Waals surface area (Å²) in [6.07, 6.45) is 7.15. The monoisotopic (exact) mass is 457 g/mol. The van der Waals surface area contributed by atoms with Crippen molar-refractivity contribution in [3.05, 3.63) is 77.6 Å². The van der Waals surface area contributed by atoms with Gasteiger partial charge in [-0.3, -0.25) is 4.79 Å². The number of halogens is 2. The number of carbonyl (C=O) groups excluding carboxylic acids is 1. The highest BCUT2D eigenvalue weighted by Crippen LogP contribution is 2.28. The molecular formula is C26H29F2NO4. The van der Waals surface area contributed by atoms with E-state index in [9.17, 15) is 13.6 Å². The molecule has 33 heavy (non-hydrogen) atoms. The molecule has 176 valence electrons. The van der Waals surface area contributed by atoms with Gasteiger partial charge in [0.1, 0.15) is 12.9 Å². The number of hydrogen-bond acceptors (Lipinski definition) is 4. The Labute approximate surface area is 193 Å². The van der Waals surface area contributed by atoms with E-state index in [0.717, 1.165) is 43.1 Å². The van der Waals surface area contributed by atoms with Gasteiger partial charge in [-0.1, -0.05) is 36.9 Å². The van der Waals surface area contributed by atoms with E-state index in [2.05, 4.69) is 16.6 Å². The van der Waals surface area contributed by atoms with Crippen LogP contribution in [-0.2, 0) is 28.8 Å². The smallest absolute Gasteiger partial charge is 0.386 e. The lowest BCUT2D eigenvalue weighted by Gasteiger charge is -2.17. The van der Waals surface area contributed by atoms with E-state index >= 15 is 0 Å². The Morgan fingerprint density at radius 1 is 1.12 bits per heavy atom. The minimum atomic E-state index is -3.00. The van der Waals surface area contributed by atoms with Gasteiger partial charge in [0.05, 0.1) is 12.7 Å². The molecule has 2 aromatic rings. The number of ether oxygens (including phenoxy) is 3. The number of benzene rings is 2. The number of carbonyl (C=O) groups is 1. The maximum Gasteiger partial charge on any atom is 0.386 e. The Bertz CT molecular complexity index is 1000. The normalized spacial score (nSPS) is 13.3. The lowest BCUT2D eigenvalue weighted by atomic mass is 9.89. The Morgan fingerprint density at radius 3 is 2.64 bits per heavy atom. The highest BCUT2D eigenvalue weighted by molar-refractivity contribution is 6.19. The van der Waals surface area contributed by atoms with Crippen molar-refractivity contribution in [3.63, 3.8) is 0 Å². The van der Waals surface area contributed by atoms with E-state index in [0.29, 0.717) is 36.6 Å². The first-order valence-electron chi connectivity index (χ1n) is 11.0. The first kappa shape index (κ1) is 24.3. The quantitative estimate of drug-likeness (QED) is 0.291. The van der Waals surface area contributed by atoms with Gasteiger partial charge in [-0.05, 0) is 66.5 Å². The summed E-state index contributed by atoms with van der Waals surface area (Å²) in [5.41, 5.74) is 3.98. The molecule has 1 aliphatic rings. The lowest BCUT2D eigenvalue weighted by Crippen LogP contribution is -2.27. The summed E-state index contributed by atoms with van der Waals surface area (Å²) in [6, 6.07) is 11.2. The number of methoxy groups -OCH3 is 1. The second-order valence-corrected chi connectivity index (χ2v) is 7.71. The van der Waals surface area contributed by atoms with Crippen LogP contribution in [-0.4, -0.2) is 32.8 Å². The molecule has 0 aromatic heterocycles. The molecule has 0 radical (unpaired) electrons. The molecular weight excluding hydrogens is 428 g/mol. The predicted molar refractivity (Wildman–Crippen MR) is 124 cm³/mol. The van der Waals surface area contributed by atoms with Gasteiger partial charge in [0.2, 0.25) is 0 Å². The first-order chi connectivity index (χ1) is 16.0. The van der Waals surface area contributed by atoms with Gasteiger partial charge in [-0.15, -0.1) is 0 Å². The van der Waals surface area contributed by atoms with Crippen LogP contribution in [0.5, 0.6) is 11.5 Å². The van der Waals surface area contributed by atoms with Crippen LogP contribution in [0.25, 0.3) is 5.57 Å². The average molecular weight is 458 g/mol. The van der Waals surface area contributed by atoms with Gasteiger partial charge in [-0.25, -0.2) is 0 Å². The fourth-order valence-corrected chi connectivity index (χ4v) is 3.82. The van der Waals surface area contributed by atoms with E-state index in [1.165, 1.54) is 5.56 Å². The van der Waals surface area contributed by atoms with E-state index in [1.807, 2.05) is 24.3 Å². The second kappa shape index (κ2) is 12.0. The Hall–Kier alpha value is -3.35. The van der Waals surface area contributed by atoms with Crippen LogP contribution in [0, 0.1) is 0 Å². The minimum absolute atomic E-state index is 0.0782. The molecule has 0 aliphatic heterocycles. The van der Waals surface area contributed by atoms with Gasteiger partial charge >= 0.3 is 6.61 Å². The van der Waals surface area contributed by atoms with Crippen LogP contribution in [0.15, 0.2) is 55.3 Å². The Kier molecular flexibility index (Phi) is 8.87. The van der Waals surface area contributed by atoms with Crippen molar-refractivity contribution in [2.24, 2.45) is 0 Å². The minimum Gasteiger partial charge on any atom is -0.493 e. The number of alkyl halides is 2. The Morgan fingerprint density at radius 2 is 1.91 bits per heavy atom. The van der Waals surface area contributed by atoms with Crippen LogP contribution < -0.4 is 14.8 Å². The van der Waals surface area contributed by atoms with Crippen molar-refractivity contribution in [3.8, 4) is 11.5 Å². The summed E-state index contributed by atoms with van der Waals surface area (Å²) in [5, 5.41) is 2.80. The molecule has 0 saturated carbocycles. The van der Waals surface area contributed by atoms with Gasteiger partial charge in [0.15, 0.2) is 11.5 Å². The molecule has 0 atom stereocenters. The third kappa shape index (κ3) is 6.81. The number of nitrogens with one attached hydrogen (secondary N) is 1. The summed E-state index contributed by atoms with van der Waals surface area (Å²) in [6.45, 7) is 1.30. The summed E-state index contributed by atoms with van der Waals surface area (Å²) in [7, 11) is 1.56. The van der Waals surface area contributed by atoms with Gasteiger partial charge in [0.25, 0.3) is 5.91 Å². The van der Waals surface area contributed by atoms with Crippen LogP contribution >= 0.6 is 0 Å². The molecule has 0 spiro atoms. The molecule has 3 rings (SSSR count). The molecule has 7 heteroatoms. The molecule has 1 N–H and O–H groups in total. The van der Waals surface area contributed by atoms with Crippen molar-refractivity contribution in [2.75, 3.05) is 20.3 Å². The van der Waals surface area contributed by atoms with E-state index in [4.69, 9.17) is 9.47 Å². The summed E-state index contributed by atoms with van der Waals surface area (Å²) < 4.78 is 40.6. The van der Waals surface area contributed by atoms with Crippen molar-refractivity contribution in [2.45, 2.75) is 38.7 Å². The largest absolute Gasteiger partial charge is 0.493 e. The second-order valence-electron chi connectivity index (χ2n) is 7.71. The summed E-state index contributed by atoms with van der Waals surface area (Å²) in [5.74, 6) is 0.719. The third-order valence-electron chi connectivity index (χ3n) is 5.48. The van der Waals surface area contributed by atoms with E-state index in [1.54, 1.807) is 25.3 Å². The zero-order valence-corrected chi connectivity index (χ0v) is 18.7. The fourth-order valence-electron chi connectivity index (χ4n) is 3.82. The number of hydrogen-bond donors (Lipinski definition) is 1.